The lowest BCUT2D eigenvalue weighted by Crippen LogP contribution is -2.29. The Balaban J connectivity index is 1.47. The van der Waals surface area contributed by atoms with E-state index in [4.69, 9.17) is 0 Å². The van der Waals surface area contributed by atoms with Crippen molar-refractivity contribution in [1.29, 1.82) is 0 Å². The third-order valence-corrected chi connectivity index (χ3v) is 6.67. The predicted octanol–water partition coefficient (Wildman–Crippen LogP) is 2.78. The number of carbonyl (C=O) groups excluding carboxylic acids is 2. The van der Waals surface area contributed by atoms with Crippen molar-refractivity contribution in [3.8, 4) is 0 Å². The zero-order chi connectivity index (χ0) is 22.3. The van der Waals surface area contributed by atoms with E-state index in [0.717, 1.165) is 12.0 Å². The van der Waals surface area contributed by atoms with Crippen molar-refractivity contribution in [1.82, 2.24) is 4.72 Å². The van der Waals surface area contributed by atoms with Gasteiger partial charge in [-0.15, -0.1) is 11.8 Å². The molecule has 3 N–H and O–H groups in total. The Kier molecular flexibility index (Phi) is 7.69. The van der Waals surface area contributed by atoms with Crippen LogP contribution in [0.5, 0.6) is 0 Å². The molecule has 2 aromatic rings. The SMILES string of the molecule is Cc1ccc(NC(=O)CSCC(=O)Nc2cccc(S(=O)(=O)NC3=NCCC3)c2)cc1. The predicted molar refractivity (Wildman–Crippen MR) is 124 cm³/mol. The molecule has 164 valence electrons. The number of nitrogens with zero attached hydrogens (tertiary/aromatic N) is 1. The maximum absolute atomic E-state index is 12.5. The molecule has 8 nitrogen and oxygen atoms in total. The summed E-state index contributed by atoms with van der Waals surface area (Å²) in [4.78, 5) is 28.3. The molecule has 2 amide bonds. The van der Waals surface area contributed by atoms with Crippen molar-refractivity contribution >= 4 is 50.8 Å². The molecule has 2 aromatic carbocycles. The van der Waals surface area contributed by atoms with Crippen LogP contribution in [0, 0.1) is 6.92 Å². The fourth-order valence-electron chi connectivity index (χ4n) is 2.85. The zero-order valence-electron chi connectivity index (χ0n) is 17.1. The van der Waals surface area contributed by atoms with Crippen LogP contribution in [0.3, 0.4) is 0 Å². The average Bonchev–Trinajstić information content (AvgIpc) is 3.22. The Labute approximate surface area is 186 Å². The number of aryl methyl sites for hydroxylation is 1. The van der Waals surface area contributed by atoms with Crippen molar-refractivity contribution in [3.63, 3.8) is 0 Å². The van der Waals surface area contributed by atoms with Crippen molar-refractivity contribution in [3.05, 3.63) is 54.1 Å². The molecule has 0 fully saturated rings. The van der Waals surface area contributed by atoms with Gasteiger partial charge in [0, 0.05) is 24.3 Å². The number of hydrogen-bond donors (Lipinski definition) is 3. The molecule has 0 aliphatic carbocycles. The first kappa shape index (κ1) is 22.8. The fourth-order valence-corrected chi connectivity index (χ4v) is 4.60. The number of aliphatic imine (C=N–C) groups is 1. The molecule has 3 rings (SSSR count). The largest absolute Gasteiger partial charge is 0.325 e. The standard InChI is InChI=1S/C21H24N4O4S2/c1-15-7-9-16(10-8-15)23-20(26)13-30-14-21(27)24-17-4-2-5-18(12-17)31(28,29)25-19-6-3-11-22-19/h2,4-5,7-10,12H,3,6,11,13-14H2,1H3,(H,22,25)(H,23,26)(H,24,27). The van der Waals surface area contributed by atoms with E-state index in [9.17, 15) is 18.0 Å². The van der Waals surface area contributed by atoms with Crippen molar-refractivity contribution in [2.75, 3.05) is 28.7 Å². The summed E-state index contributed by atoms with van der Waals surface area (Å²) in [7, 11) is -3.75. The smallest absolute Gasteiger partial charge is 0.262 e. The van der Waals surface area contributed by atoms with E-state index >= 15 is 0 Å². The highest BCUT2D eigenvalue weighted by atomic mass is 32.2. The molecule has 0 unspecified atom stereocenters. The number of thioether (sulfide) groups is 1. The summed E-state index contributed by atoms with van der Waals surface area (Å²) in [6.07, 6.45) is 1.43. The third-order valence-electron chi connectivity index (χ3n) is 4.36. The number of carbonyl (C=O) groups is 2. The van der Waals surface area contributed by atoms with Gasteiger partial charge in [0.15, 0.2) is 0 Å². The monoisotopic (exact) mass is 460 g/mol. The Morgan fingerprint density at radius 3 is 2.32 bits per heavy atom. The van der Waals surface area contributed by atoms with E-state index in [1.54, 1.807) is 12.1 Å². The highest BCUT2D eigenvalue weighted by Gasteiger charge is 2.18. The van der Waals surface area contributed by atoms with Crippen LogP contribution in [-0.2, 0) is 19.6 Å². The number of amides is 2. The molecule has 0 spiro atoms. The second-order valence-electron chi connectivity index (χ2n) is 7.02. The summed E-state index contributed by atoms with van der Waals surface area (Å²) in [5.41, 5.74) is 2.17. The van der Waals surface area contributed by atoms with Gasteiger partial charge in [0.25, 0.3) is 10.0 Å². The number of rotatable bonds is 8. The fraction of sp³-hybridized carbons (Fsp3) is 0.286. The van der Waals surface area contributed by atoms with Gasteiger partial charge in [0.1, 0.15) is 5.84 Å². The molecule has 0 saturated heterocycles. The molecule has 1 aliphatic rings. The lowest BCUT2D eigenvalue weighted by Gasteiger charge is -2.10. The second-order valence-corrected chi connectivity index (χ2v) is 9.69. The number of benzene rings is 2. The number of amidine groups is 1. The van der Waals surface area contributed by atoms with Gasteiger partial charge in [-0.05, 0) is 43.7 Å². The van der Waals surface area contributed by atoms with Crippen molar-refractivity contribution < 1.29 is 18.0 Å². The molecular weight excluding hydrogens is 436 g/mol. The van der Waals surface area contributed by atoms with E-state index in [2.05, 4.69) is 20.3 Å². The molecule has 0 atom stereocenters. The molecule has 0 aromatic heterocycles. The van der Waals surface area contributed by atoms with Crippen LogP contribution in [-0.4, -0.2) is 44.1 Å². The highest BCUT2D eigenvalue weighted by molar-refractivity contribution is 8.00. The van der Waals surface area contributed by atoms with E-state index in [-0.39, 0.29) is 28.2 Å². The summed E-state index contributed by atoms with van der Waals surface area (Å²) in [5, 5.41) is 5.44. The maximum atomic E-state index is 12.5. The molecule has 1 aliphatic heterocycles. The van der Waals surface area contributed by atoms with Crippen LogP contribution < -0.4 is 15.4 Å². The number of sulfonamides is 1. The molecule has 1 heterocycles. The first-order chi connectivity index (χ1) is 14.8. The zero-order valence-corrected chi connectivity index (χ0v) is 18.7. The van der Waals surface area contributed by atoms with Gasteiger partial charge in [0.05, 0.1) is 16.4 Å². The Bertz CT molecular complexity index is 1080. The van der Waals surface area contributed by atoms with E-state index < -0.39 is 10.0 Å². The van der Waals surface area contributed by atoms with Gasteiger partial charge in [0.2, 0.25) is 11.8 Å². The topological polar surface area (TPSA) is 117 Å². The average molecular weight is 461 g/mol. The van der Waals surface area contributed by atoms with Crippen LogP contribution in [0.25, 0.3) is 0 Å². The van der Waals surface area contributed by atoms with Crippen LogP contribution in [0.15, 0.2) is 58.4 Å². The lowest BCUT2D eigenvalue weighted by atomic mass is 10.2. The molecule has 31 heavy (non-hydrogen) atoms. The normalized spacial score (nSPS) is 13.4. The van der Waals surface area contributed by atoms with Gasteiger partial charge in [-0.1, -0.05) is 23.8 Å². The number of hydrogen-bond acceptors (Lipinski definition) is 6. The Hall–Kier alpha value is -2.85. The minimum absolute atomic E-state index is 0.0463. The summed E-state index contributed by atoms with van der Waals surface area (Å²) in [6, 6.07) is 13.5. The first-order valence-electron chi connectivity index (χ1n) is 9.72. The van der Waals surface area contributed by atoms with E-state index in [0.29, 0.717) is 30.2 Å². The molecule has 0 radical (unpaired) electrons. The van der Waals surface area contributed by atoms with Gasteiger partial charge < -0.3 is 10.6 Å². The third kappa shape index (κ3) is 7.11. The summed E-state index contributed by atoms with van der Waals surface area (Å²) < 4.78 is 27.5. The molecule has 0 bridgehead atoms. The summed E-state index contributed by atoms with van der Waals surface area (Å²) in [6.45, 7) is 2.58. The van der Waals surface area contributed by atoms with Crippen LogP contribution >= 0.6 is 11.8 Å². The summed E-state index contributed by atoms with van der Waals surface area (Å²) in [5.74, 6) is 0.121. The minimum atomic E-state index is -3.75. The number of anilines is 2. The molecular formula is C21H24N4O4S2. The number of nitrogens with one attached hydrogen (secondary N) is 3. The molecule has 10 heteroatoms. The Morgan fingerprint density at radius 1 is 1.00 bits per heavy atom. The maximum Gasteiger partial charge on any atom is 0.262 e. The lowest BCUT2D eigenvalue weighted by molar-refractivity contribution is -0.114. The minimum Gasteiger partial charge on any atom is -0.325 e. The van der Waals surface area contributed by atoms with Crippen molar-refractivity contribution in [2.45, 2.75) is 24.7 Å². The summed E-state index contributed by atoms with van der Waals surface area (Å²) >= 11 is 1.17. The van der Waals surface area contributed by atoms with E-state index in [1.807, 2.05) is 31.2 Å². The molecule has 0 saturated carbocycles. The Morgan fingerprint density at radius 2 is 1.68 bits per heavy atom. The van der Waals surface area contributed by atoms with Crippen LogP contribution in [0.2, 0.25) is 0 Å². The van der Waals surface area contributed by atoms with Gasteiger partial charge in [-0.2, -0.15) is 0 Å². The van der Waals surface area contributed by atoms with Gasteiger partial charge in [-0.25, -0.2) is 8.42 Å². The van der Waals surface area contributed by atoms with Gasteiger partial charge in [-0.3, -0.25) is 19.3 Å². The first-order valence-corrected chi connectivity index (χ1v) is 12.4. The van der Waals surface area contributed by atoms with Gasteiger partial charge >= 0.3 is 0 Å². The van der Waals surface area contributed by atoms with E-state index in [1.165, 1.54) is 23.9 Å². The van der Waals surface area contributed by atoms with Crippen LogP contribution in [0.4, 0.5) is 11.4 Å². The second kappa shape index (κ2) is 10.5. The van der Waals surface area contributed by atoms with Crippen molar-refractivity contribution in [2.24, 2.45) is 4.99 Å². The quantitative estimate of drug-likeness (QED) is 0.560. The van der Waals surface area contributed by atoms with Crippen LogP contribution in [0.1, 0.15) is 18.4 Å². The highest BCUT2D eigenvalue weighted by Crippen LogP contribution is 2.17.